The quantitative estimate of drug-likeness (QED) is 0.144. The van der Waals surface area contributed by atoms with E-state index in [0.717, 1.165) is 72.5 Å². The molecule has 0 saturated carbocycles. The van der Waals surface area contributed by atoms with Gasteiger partial charge in [-0.1, -0.05) is 182 Å². The average molecular weight is 881 g/mol. The van der Waals surface area contributed by atoms with Crippen LogP contribution in [0.1, 0.15) is 0 Å². The van der Waals surface area contributed by atoms with Crippen molar-refractivity contribution in [3.05, 3.63) is 267 Å². The zero-order valence-electron chi connectivity index (χ0n) is 37.7. The van der Waals surface area contributed by atoms with Gasteiger partial charge in [0.1, 0.15) is 11.2 Å². The fourth-order valence-corrected chi connectivity index (χ4v) is 10.3. The molecule has 11 aromatic carbocycles. The Balaban J connectivity index is 0.875. The summed E-state index contributed by atoms with van der Waals surface area (Å²) in [5, 5.41) is 4.77. The highest BCUT2D eigenvalue weighted by Gasteiger charge is 2.20. The summed E-state index contributed by atoms with van der Waals surface area (Å²) >= 11 is 0. The lowest BCUT2D eigenvalue weighted by molar-refractivity contribution is 0.669. The third-order valence-electron chi connectivity index (χ3n) is 13.6. The lowest BCUT2D eigenvalue weighted by atomic mass is 9.97. The van der Waals surface area contributed by atoms with Crippen LogP contribution in [0, 0.1) is 0 Å². The number of hydrogen-bond acceptors (Lipinski definition) is 2. The summed E-state index contributed by atoms with van der Waals surface area (Å²) in [4.78, 5) is 2.39. The molecule has 0 saturated heterocycles. The first kappa shape index (κ1) is 40.1. The van der Waals surface area contributed by atoms with Crippen molar-refractivity contribution in [3.8, 4) is 61.3 Å². The topological polar surface area (TPSA) is 21.3 Å². The van der Waals surface area contributed by atoms with Gasteiger partial charge in [0.25, 0.3) is 0 Å². The molecule has 3 heteroatoms. The molecule has 0 aliphatic heterocycles. The van der Waals surface area contributed by atoms with Gasteiger partial charge in [0, 0.05) is 44.2 Å². The molecule has 2 aromatic heterocycles. The second kappa shape index (κ2) is 16.9. The van der Waals surface area contributed by atoms with Crippen molar-refractivity contribution >= 4 is 60.8 Å². The van der Waals surface area contributed by atoms with Crippen molar-refractivity contribution in [1.29, 1.82) is 0 Å². The minimum Gasteiger partial charge on any atom is -0.456 e. The van der Waals surface area contributed by atoms with Gasteiger partial charge in [-0.3, -0.25) is 0 Å². The Hall–Kier alpha value is -9.18. The van der Waals surface area contributed by atoms with Crippen LogP contribution in [0.2, 0.25) is 0 Å². The molecule has 13 rings (SSSR count). The van der Waals surface area contributed by atoms with E-state index >= 15 is 0 Å². The maximum Gasteiger partial charge on any atom is 0.136 e. The summed E-state index contributed by atoms with van der Waals surface area (Å²) in [6.07, 6.45) is 0. The van der Waals surface area contributed by atoms with Gasteiger partial charge in [0.15, 0.2) is 0 Å². The average Bonchev–Trinajstić information content (AvgIpc) is 3.97. The van der Waals surface area contributed by atoms with Crippen molar-refractivity contribution in [1.82, 2.24) is 4.57 Å². The normalized spacial score (nSPS) is 11.5. The molecule has 0 fully saturated rings. The highest BCUT2D eigenvalue weighted by molar-refractivity contribution is 6.09. The molecule has 0 radical (unpaired) electrons. The Kier molecular flexibility index (Phi) is 9.84. The van der Waals surface area contributed by atoms with Crippen LogP contribution in [0.15, 0.2) is 271 Å². The Labute approximate surface area is 401 Å². The zero-order valence-corrected chi connectivity index (χ0v) is 37.7. The van der Waals surface area contributed by atoms with E-state index in [1.54, 1.807) is 0 Å². The van der Waals surface area contributed by atoms with Gasteiger partial charge in [-0.05, 0) is 135 Å². The van der Waals surface area contributed by atoms with E-state index in [1.165, 1.54) is 49.6 Å². The van der Waals surface area contributed by atoms with E-state index < -0.39 is 0 Å². The SMILES string of the molecule is c1ccc(-c2cccc(-c3cccc(N(c4ccc(-c5cccc(-c6ccc(-n7c8ccccc8c8ccccc87)cc6)c5)cc4)c4ccccc4-c4ccc5c(c4)oc4ccccc45)c3)c2)cc1. The number of furan rings is 1. The number of benzene rings is 11. The Morgan fingerprint density at radius 2 is 0.754 bits per heavy atom. The standard InChI is InChI=1S/C66H44N2O/c1-2-15-45(16-3-1)48-17-13-20-51(42-48)52-21-14-22-56(43-52)67(62-27-8-4-23-57(62)53-35-40-61-60-26-7-11-30-65(60)69-66(61)44-53)54-36-31-46(32-37-54)49-18-12-19-50(41-49)47-33-38-55(39-34-47)68-63-28-9-5-24-58(63)59-25-6-10-29-64(59)68/h1-44H. The number of para-hydroxylation sites is 4. The molecule has 0 N–H and O–H groups in total. The molecule has 324 valence electrons. The Morgan fingerprint density at radius 3 is 1.43 bits per heavy atom. The molecule has 0 unspecified atom stereocenters. The number of anilines is 3. The summed E-state index contributed by atoms with van der Waals surface area (Å²) in [5.74, 6) is 0. The fourth-order valence-electron chi connectivity index (χ4n) is 10.3. The molecule has 0 aliphatic carbocycles. The van der Waals surface area contributed by atoms with E-state index in [9.17, 15) is 0 Å². The van der Waals surface area contributed by atoms with Crippen molar-refractivity contribution < 1.29 is 4.42 Å². The van der Waals surface area contributed by atoms with E-state index in [-0.39, 0.29) is 0 Å². The van der Waals surface area contributed by atoms with E-state index in [0.29, 0.717) is 0 Å². The van der Waals surface area contributed by atoms with Crippen LogP contribution in [0.25, 0.3) is 105 Å². The molecule has 0 aliphatic rings. The zero-order chi connectivity index (χ0) is 45.7. The van der Waals surface area contributed by atoms with Crippen LogP contribution in [0.4, 0.5) is 17.1 Å². The number of hydrogen-bond donors (Lipinski definition) is 0. The van der Waals surface area contributed by atoms with E-state index in [1.807, 2.05) is 12.1 Å². The molecular weight excluding hydrogens is 837 g/mol. The molecule has 3 nitrogen and oxygen atoms in total. The third-order valence-corrected chi connectivity index (χ3v) is 13.6. The Bertz CT molecular complexity index is 3960. The van der Waals surface area contributed by atoms with Crippen molar-refractivity contribution in [2.24, 2.45) is 0 Å². The van der Waals surface area contributed by atoms with Gasteiger partial charge in [-0.25, -0.2) is 0 Å². The maximum absolute atomic E-state index is 6.42. The minimum absolute atomic E-state index is 0.876. The van der Waals surface area contributed by atoms with Crippen LogP contribution >= 0.6 is 0 Å². The summed E-state index contributed by atoms with van der Waals surface area (Å²) < 4.78 is 8.78. The molecule has 69 heavy (non-hydrogen) atoms. The molecule has 2 heterocycles. The second-order valence-corrected chi connectivity index (χ2v) is 17.7. The van der Waals surface area contributed by atoms with Gasteiger partial charge in [0.05, 0.1) is 16.7 Å². The van der Waals surface area contributed by atoms with Crippen LogP contribution in [-0.4, -0.2) is 4.57 Å². The largest absolute Gasteiger partial charge is 0.456 e. The summed E-state index contributed by atoms with van der Waals surface area (Å²) in [5.41, 5.74) is 20.1. The molecule has 0 amide bonds. The van der Waals surface area contributed by atoms with Crippen LogP contribution in [0.5, 0.6) is 0 Å². The van der Waals surface area contributed by atoms with Gasteiger partial charge in [0.2, 0.25) is 0 Å². The highest BCUT2D eigenvalue weighted by Crippen LogP contribution is 2.44. The molecule has 0 spiro atoms. The number of nitrogens with zero attached hydrogens (tertiary/aromatic N) is 2. The van der Waals surface area contributed by atoms with Gasteiger partial charge in [-0.2, -0.15) is 0 Å². The summed E-state index contributed by atoms with van der Waals surface area (Å²) in [6.45, 7) is 0. The molecule has 0 bridgehead atoms. The van der Waals surface area contributed by atoms with Gasteiger partial charge in [-0.15, -0.1) is 0 Å². The van der Waals surface area contributed by atoms with E-state index in [2.05, 4.69) is 264 Å². The Morgan fingerprint density at radius 1 is 0.275 bits per heavy atom. The maximum atomic E-state index is 6.42. The number of fused-ring (bicyclic) bond motifs is 6. The fraction of sp³-hybridized carbons (Fsp3) is 0. The predicted molar refractivity (Wildman–Crippen MR) is 290 cm³/mol. The highest BCUT2D eigenvalue weighted by atomic mass is 16.3. The lowest BCUT2D eigenvalue weighted by Gasteiger charge is -2.28. The van der Waals surface area contributed by atoms with E-state index in [4.69, 9.17) is 4.42 Å². The summed E-state index contributed by atoms with van der Waals surface area (Å²) in [6, 6.07) is 96.1. The lowest BCUT2D eigenvalue weighted by Crippen LogP contribution is -2.11. The first-order chi connectivity index (χ1) is 34.2. The van der Waals surface area contributed by atoms with Crippen molar-refractivity contribution in [2.75, 3.05) is 4.90 Å². The smallest absolute Gasteiger partial charge is 0.136 e. The van der Waals surface area contributed by atoms with Crippen LogP contribution < -0.4 is 4.90 Å². The van der Waals surface area contributed by atoms with Gasteiger partial charge < -0.3 is 13.9 Å². The van der Waals surface area contributed by atoms with Crippen molar-refractivity contribution in [3.63, 3.8) is 0 Å². The van der Waals surface area contributed by atoms with Gasteiger partial charge >= 0.3 is 0 Å². The number of aromatic nitrogens is 1. The van der Waals surface area contributed by atoms with Crippen LogP contribution in [0.3, 0.4) is 0 Å². The first-order valence-electron chi connectivity index (χ1n) is 23.6. The summed E-state index contributed by atoms with van der Waals surface area (Å²) in [7, 11) is 0. The third kappa shape index (κ3) is 7.25. The second-order valence-electron chi connectivity index (χ2n) is 17.7. The molecular formula is C66H44N2O. The van der Waals surface area contributed by atoms with Crippen molar-refractivity contribution in [2.45, 2.75) is 0 Å². The number of rotatable bonds is 9. The first-order valence-corrected chi connectivity index (χ1v) is 23.6. The molecule has 0 atom stereocenters. The monoisotopic (exact) mass is 880 g/mol. The molecule has 13 aromatic rings. The minimum atomic E-state index is 0.876. The van der Waals surface area contributed by atoms with Crippen LogP contribution in [-0.2, 0) is 0 Å². The predicted octanol–water partition coefficient (Wildman–Crippen LogP) is 18.5.